The fraction of sp³-hybridized carbons (Fsp3) is 0.200. The number of amides is 1. The van der Waals surface area contributed by atoms with E-state index in [1.54, 1.807) is 17.6 Å². The van der Waals surface area contributed by atoms with E-state index >= 15 is 0 Å². The zero-order valence-electron chi connectivity index (χ0n) is 15.6. The summed E-state index contributed by atoms with van der Waals surface area (Å²) in [6, 6.07) is 11.4. The molecule has 1 amide bonds. The van der Waals surface area contributed by atoms with Crippen molar-refractivity contribution in [1.29, 1.82) is 0 Å². The second-order valence-electron chi connectivity index (χ2n) is 6.82. The van der Waals surface area contributed by atoms with Gasteiger partial charge in [-0.25, -0.2) is 9.97 Å². The molecule has 142 valence electrons. The Balaban J connectivity index is 1.90. The molecule has 0 fully saturated rings. The van der Waals surface area contributed by atoms with Gasteiger partial charge in [0.05, 0.1) is 17.2 Å². The number of nitrogens with one attached hydrogen (secondary N) is 1. The number of nitrogens with zero attached hydrogens (tertiary/aromatic N) is 4. The molecule has 0 aliphatic carbocycles. The molecule has 0 radical (unpaired) electrons. The van der Waals surface area contributed by atoms with E-state index in [1.807, 2.05) is 55.6 Å². The number of carbonyl (C=O) groups excluding carboxylic acids is 1. The van der Waals surface area contributed by atoms with Gasteiger partial charge in [-0.1, -0.05) is 32.0 Å². The van der Waals surface area contributed by atoms with Crippen LogP contribution in [-0.4, -0.2) is 33.3 Å². The Labute approximate surface area is 165 Å². The Kier molecular flexibility index (Phi) is 4.79. The first-order valence-corrected chi connectivity index (χ1v) is 9.85. The van der Waals surface area contributed by atoms with Crippen LogP contribution in [0.4, 0.5) is 5.82 Å². The predicted molar refractivity (Wildman–Crippen MR) is 114 cm³/mol. The summed E-state index contributed by atoms with van der Waals surface area (Å²) >= 11 is 1.56. The van der Waals surface area contributed by atoms with Crippen LogP contribution in [0.1, 0.15) is 29.1 Å². The average molecular weight is 392 g/mol. The topological polar surface area (TPSA) is 98.2 Å². The molecule has 3 heterocycles. The third-order valence-electron chi connectivity index (χ3n) is 4.22. The molecule has 3 N–H and O–H groups in total. The van der Waals surface area contributed by atoms with Crippen molar-refractivity contribution in [2.24, 2.45) is 11.0 Å². The lowest BCUT2D eigenvalue weighted by molar-refractivity contribution is 0.0951. The largest absolute Gasteiger partial charge is 0.383 e. The number of benzene rings is 1. The molecular weight excluding hydrogens is 372 g/mol. The second kappa shape index (κ2) is 7.40. The molecule has 0 saturated heterocycles. The van der Waals surface area contributed by atoms with Crippen LogP contribution in [0.25, 0.3) is 22.2 Å². The van der Waals surface area contributed by atoms with E-state index in [4.69, 9.17) is 5.73 Å². The fourth-order valence-electron chi connectivity index (χ4n) is 2.85. The summed E-state index contributed by atoms with van der Waals surface area (Å²) in [5.74, 6) is 0.271. The maximum Gasteiger partial charge on any atom is 0.257 e. The number of hydrogen-bond donors (Lipinski definition) is 2. The Morgan fingerprint density at radius 3 is 2.68 bits per heavy atom. The minimum Gasteiger partial charge on any atom is -0.383 e. The van der Waals surface area contributed by atoms with E-state index in [0.717, 1.165) is 4.88 Å². The smallest absolute Gasteiger partial charge is 0.257 e. The van der Waals surface area contributed by atoms with Crippen LogP contribution in [-0.2, 0) is 0 Å². The number of nitrogen functional groups attached to an aromatic ring is 1. The molecule has 28 heavy (non-hydrogen) atoms. The van der Waals surface area contributed by atoms with Crippen LogP contribution in [0.15, 0.2) is 46.9 Å². The summed E-state index contributed by atoms with van der Waals surface area (Å²) in [5, 5.41) is 9.36. The molecule has 1 aromatic carbocycles. The number of rotatable bonds is 5. The average Bonchev–Trinajstić information content (AvgIpc) is 3.28. The van der Waals surface area contributed by atoms with Gasteiger partial charge in [0, 0.05) is 11.4 Å². The van der Waals surface area contributed by atoms with Gasteiger partial charge in [0.15, 0.2) is 5.65 Å². The third kappa shape index (κ3) is 3.34. The van der Waals surface area contributed by atoms with Crippen LogP contribution < -0.4 is 11.1 Å². The number of carbonyl (C=O) groups is 1. The summed E-state index contributed by atoms with van der Waals surface area (Å²) in [5.41, 5.74) is 8.96. The Morgan fingerprint density at radius 1 is 1.25 bits per heavy atom. The van der Waals surface area contributed by atoms with Gasteiger partial charge in [-0.15, -0.1) is 11.3 Å². The van der Waals surface area contributed by atoms with Crippen molar-refractivity contribution in [3.8, 4) is 0 Å². The molecule has 7 nitrogen and oxygen atoms in total. The first-order valence-electron chi connectivity index (χ1n) is 8.97. The Bertz CT molecular complexity index is 1180. The normalized spacial score (nSPS) is 11.8. The van der Waals surface area contributed by atoms with Crippen LogP contribution in [0, 0.1) is 5.92 Å². The van der Waals surface area contributed by atoms with Crippen molar-refractivity contribution in [3.63, 3.8) is 0 Å². The van der Waals surface area contributed by atoms with Crippen molar-refractivity contribution in [1.82, 2.24) is 20.0 Å². The Morgan fingerprint density at radius 2 is 2.00 bits per heavy atom. The SMILES string of the molecule is CC(C)CNC(=O)c1c(N)n(/N=C\c2cccs2)c2nc3ccccc3nc12. The number of para-hydroxylation sites is 2. The van der Waals surface area contributed by atoms with E-state index in [2.05, 4.69) is 20.4 Å². The second-order valence-corrected chi connectivity index (χ2v) is 7.80. The first kappa shape index (κ1) is 18.1. The lowest BCUT2D eigenvalue weighted by Crippen LogP contribution is -2.28. The summed E-state index contributed by atoms with van der Waals surface area (Å²) in [7, 11) is 0. The highest BCUT2D eigenvalue weighted by atomic mass is 32.1. The predicted octanol–water partition coefficient (Wildman–Crippen LogP) is 3.50. The van der Waals surface area contributed by atoms with Gasteiger partial charge in [-0.2, -0.15) is 9.78 Å². The standard InChI is InChI=1S/C20H20N6OS/c1-12(2)10-22-20(27)16-17-19(25-15-8-4-3-7-14(15)24-17)26(18(16)21)23-11-13-6-5-9-28-13/h3-9,11-12H,10,21H2,1-2H3,(H,22,27)/b23-11-. The van der Waals surface area contributed by atoms with Gasteiger partial charge in [0.25, 0.3) is 5.91 Å². The van der Waals surface area contributed by atoms with Crippen LogP contribution in [0.5, 0.6) is 0 Å². The highest BCUT2D eigenvalue weighted by Gasteiger charge is 2.24. The van der Waals surface area contributed by atoms with Gasteiger partial charge in [0.2, 0.25) is 0 Å². The van der Waals surface area contributed by atoms with Crippen LogP contribution >= 0.6 is 11.3 Å². The fourth-order valence-corrected chi connectivity index (χ4v) is 3.43. The van der Waals surface area contributed by atoms with Crippen molar-refractivity contribution < 1.29 is 4.79 Å². The van der Waals surface area contributed by atoms with E-state index < -0.39 is 0 Å². The highest BCUT2D eigenvalue weighted by molar-refractivity contribution is 7.11. The zero-order valence-corrected chi connectivity index (χ0v) is 16.4. The van der Waals surface area contributed by atoms with Gasteiger partial charge in [-0.05, 0) is 29.5 Å². The zero-order chi connectivity index (χ0) is 19.7. The molecule has 0 atom stereocenters. The first-order chi connectivity index (χ1) is 13.5. The molecule has 0 aliphatic rings. The number of nitrogens with two attached hydrogens (primary N) is 1. The summed E-state index contributed by atoms with van der Waals surface area (Å²) in [6.07, 6.45) is 1.70. The van der Waals surface area contributed by atoms with Gasteiger partial charge >= 0.3 is 0 Å². The maximum atomic E-state index is 12.8. The minimum absolute atomic E-state index is 0.222. The number of fused-ring (bicyclic) bond motifs is 2. The molecule has 0 spiro atoms. The molecule has 4 rings (SSSR count). The summed E-state index contributed by atoms with van der Waals surface area (Å²) in [6.45, 7) is 4.61. The highest BCUT2D eigenvalue weighted by Crippen LogP contribution is 2.27. The molecule has 0 aliphatic heterocycles. The van der Waals surface area contributed by atoms with Gasteiger partial charge in [0.1, 0.15) is 16.9 Å². The molecule has 0 saturated carbocycles. The molecule has 0 unspecified atom stereocenters. The quantitative estimate of drug-likeness (QED) is 0.508. The lowest BCUT2D eigenvalue weighted by Gasteiger charge is -2.07. The van der Waals surface area contributed by atoms with E-state index in [9.17, 15) is 4.79 Å². The van der Waals surface area contributed by atoms with E-state index in [1.165, 1.54) is 4.68 Å². The van der Waals surface area contributed by atoms with E-state index in [0.29, 0.717) is 40.2 Å². The monoisotopic (exact) mass is 392 g/mol. The minimum atomic E-state index is -0.272. The molecule has 3 aromatic heterocycles. The molecule has 8 heteroatoms. The van der Waals surface area contributed by atoms with Crippen LogP contribution in [0.2, 0.25) is 0 Å². The number of anilines is 1. The molecule has 0 bridgehead atoms. The number of hydrogen-bond acceptors (Lipinski definition) is 6. The van der Waals surface area contributed by atoms with Crippen molar-refractivity contribution in [2.45, 2.75) is 13.8 Å². The lowest BCUT2D eigenvalue weighted by atomic mass is 10.2. The summed E-state index contributed by atoms with van der Waals surface area (Å²) in [4.78, 5) is 23.1. The Hall–Kier alpha value is -3.26. The third-order valence-corrected chi connectivity index (χ3v) is 5.02. The molecular formula is C20H20N6OS. The van der Waals surface area contributed by atoms with Crippen molar-refractivity contribution in [3.05, 3.63) is 52.2 Å². The summed E-state index contributed by atoms with van der Waals surface area (Å²) < 4.78 is 1.48. The van der Waals surface area contributed by atoms with Crippen LogP contribution in [0.3, 0.4) is 0 Å². The van der Waals surface area contributed by atoms with Gasteiger partial charge in [-0.3, -0.25) is 4.79 Å². The van der Waals surface area contributed by atoms with Crippen molar-refractivity contribution >= 4 is 51.5 Å². The number of thiophene rings is 1. The van der Waals surface area contributed by atoms with E-state index in [-0.39, 0.29) is 11.7 Å². The molecule has 4 aromatic rings. The maximum absolute atomic E-state index is 12.8. The van der Waals surface area contributed by atoms with Gasteiger partial charge < -0.3 is 11.1 Å². The van der Waals surface area contributed by atoms with Crippen molar-refractivity contribution in [2.75, 3.05) is 12.3 Å². The number of aromatic nitrogens is 3.